The summed E-state index contributed by atoms with van der Waals surface area (Å²) in [7, 11) is 3.68. The zero-order chi connectivity index (χ0) is 14.5. The predicted octanol–water partition coefficient (Wildman–Crippen LogP) is 2.57. The molecule has 0 aliphatic rings. The second-order valence-corrected chi connectivity index (χ2v) is 5.10. The molecule has 106 valence electrons. The highest BCUT2D eigenvalue weighted by Gasteiger charge is 2.15. The molecule has 0 aliphatic heterocycles. The molecule has 0 unspecified atom stereocenters. The van der Waals surface area contributed by atoms with Gasteiger partial charge in [0.1, 0.15) is 5.69 Å². The summed E-state index contributed by atoms with van der Waals surface area (Å²) in [6.45, 7) is 1.56. The van der Waals surface area contributed by atoms with Crippen molar-refractivity contribution in [3.05, 3.63) is 41.0 Å². The van der Waals surface area contributed by atoms with E-state index >= 15 is 0 Å². The van der Waals surface area contributed by atoms with Gasteiger partial charge in [0, 0.05) is 19.0 Å². The molecule has 1 aromatic heterocycles. The highest BCUT2D eigenvalue weighted by molar-refractivity contribution is 6.35. The van der Waals surface area contributed by atoms with Crippen LogP contribution in [0.4, 0.5) is 0 Å². The summed E-state index contributed by atoms with van der Waals surface area (Å²) in [6, 6.07) is 9.19. The van der Waals surface area contributed by atoms with Crippen molar-refractivity contribution in [2.24, 2.45) is 0 Å². The smallest absolute Gasteiger partial charge is 0.272 e. The summed E-state index contributed by atoms with van der Waals surface area (Å²) in [5.41, 5.74) is 1.13. The van der Waals surface area contributed by atoms with Crippen LogP contribution in [0.25, 0.3) is 10.9 Å². The van der Waals surface area contributed by atoms with E-state index in [-0.39, 0.29) is 5.91 Å². The van der Waals surface area contributed by atoms with Crippen LogP contribution < -0.4 is 5.32 Å². The molecule has 1 aromatic carbocycles. The lowest BCUT2D eigenvalue weighted by Gasteiger charge is -2.17. The predicted molar refractivity (Wildman–Crippen MR) is 82.3 cm³/mol. The molecule has 0 fully saturated rings. The number of carbonyl (C=O) groups is 1. The lowest BCUT2D eigenvalue weighted by atomic mass is 10.2. The van der Waals surface area contributed by atoms with Gasteiger partial charge in [0.05, 0.1) is 10.5 Å². The van der Waals surface area contributed by atoms with E-state index in [1.165, 1.54) is 0 Å². The fraction of sp³-hybridized carbons (Fsp3) is 0.333. The SMILES string of the molecule is CNCCCN(C)C(=O)c1cc(Cl)c2ccccc2n1. The summed E-state index contributed by atoms with van der Waals surface area (Å²) >= 11 is 6.22. The molecule has 1 amide bonds. The van der Waals surface area contributed by atoms with Gasteiger partial charge in [-0.25, -0.2) is 4.98 Å². The molecule has 0 atom stereocenters. The van der Waals surface area contributed by atoms with E-state index in [2.05, 4.69) is 10.3 Å². The lowest BCUT2D eigenvalue weighted by molar-refractivity contribution is 0.0788. The Hall–Kier alpha value is -1.65. The van der Waals surface area contributed by atoms with Gasteiger partial charge in [0.25, 0.3) is 5.91 Å². The second kappa shape index (κ2) is 6.68. The van der Waals surface area contributed by atoms with Crippen LogP contribution in [0.3, 0.4) is 0 Å². The molecule has 0 bridgehead atoms. The minimum Gasteiger partial charge on any atom is -0.340 e. The molecule has 0 aliphatic carbocycles. The number of hydrogen-bond acceptors (Lipinski definition) is 3. The van der Waals surface area contributed by atoms with Gasteiger partial charge in [0.2, 0.25) is 0 Å². The first-order chi connectivity index (χ1) is 9.63. The number of amides is 1. The Morgan fingerprint density at radius 3 is 2.90 bits per heavy atom. The molecule has 2 aromatic rings. The summed E-state index contributed by atoms with van der Waals surface area (Å²) in [5.74, 6) is -0.103. The molecule has 0 saturated heterocycles. The maximum Gasteiger partial charge on any atom is 0.272 e. The topological polar surface area (TPSA) is 45.2 Å². The number of para-hydroxylation sites is 1. The van der Waals surface area contributed by atoms with Gasteiger partial charge in [-0.15, -0.1) is 0 Å². The Morgan fingerprint density at radius 1 is 1.40 bits per heavy atom. The van der Waals surface area contributed by atoms with E-state index in [0.717, 1.165) is 23.9 Å². The van der Waals surface area contributed by atoms with Gasteiger partial charge in [0.15, 0.2) is 0 Å². The first-order valence-corrected chi connectivity index (χ1v) is 6.96. The second-order valence-electron chi connectivity index (χ2n) is 4.69. The van der Waals surface area contributed by atoms with E-state index in [1.54, 1.807) is 18.0 Å². The zero-order valence-electron chi connectivity index (χ0n) is 11.7. The van der Waals surface area contributed by atoms with Crippen LogP contribution >= 0.6 is 11.6 Å². The quantitative estimate of drug-likeness (QED) is 0.861. The normalized spacial score (nSPS) is 10.8. The molecule has 5 heteroatoms. The fourth-order valence-electron chi connectivity index (χ4n) is 2.03. The number of hydrogen-bond donors (Lipinski definition) is 1. The third-order valence-electron chi connectivity index (χ3n) is 3.15. The monoisotopic (exact) mass is 291 g/mol. The van der Waals surface area contributed by atoms with E-state index < -0.39 is 0 Å². The number of nitrogens with zero attached hydrogens (tertiary/aromatic N) is 2. The van der Waals surface area contributed by atoms with Crippen molar-refractivity contribution < 1.29 is 4.79 Å². The average molecular weight is 292 g/mol. The van der Waals surface area contributed by atoms with E-state index in [4.69, 9.17) is 11.6 Å². The Bertz CT molecular complexity index is 615. The molecule has 0 saturated carbocycles. The first-order valence-electron chi connectivity index (χ1n) is 6.59. The number of halogens is 1. The van der Waals surface area contributed by atoms with Crippen molar-refractivity contribution in [3.63, 3.8) is 0 Å². The molecule has 1 N–H and O–H groups in total. The van der Waals surface area contributed by atoms with Crippen LogP contribution in [0.5, 0.6) is 0 Å². The average Bonchev–Trinajstić information content (AvgIpc) is 2.46. The molecular formula is C15H18ClN3O. The van der Waals surface area contributed by atoms with Crippen molar-refractivity contribution in [1.82, 2.24) is 15.2 Å². The highest BCUT2D eigenvalue weighted by atomic mass is 35.5. The van der Waals surface area contributed by atoms with Gasteiger partial charge in [-0.05, 0) is 32.1 Å². The number of pyridine rings is 1. The lowest BCUT2D eigenvalue weighted by Crippen LogP contribution is -2.30. The van der Waals surface area contributed by atoms with Crippen molar-refractivity contribution in [2.75, 3.05) is 27.2 Å². The fourth-order valence-corrected chi connectivity index (χ4v) is 2.30. The molecule has 1 heterocycles. The third-order valence-corrected chi connectivity index (χ3v) is 3.46. The van der Waals surface area contributed by atoms with Gasteiger partial charge in [-0.1, -0.05) is 29.8 Å². The molecule has 20 heavy (non-hydrogen) atoms. The molecular weight excluding hydrogens is 274 g/mol. The number of aromatic nitrogens is 1. The van der Waals surface area contributed by atoms with Gasteiger partial charge in [-0.2, -0.15) is 0 Å². The van der Waals surface area contributed by atoms with E-state index in [9.17, 15) is 4.79 Å². The summed E-state index contributed by atoms with van der Waals surface area (Å²) in [4.78, 5) is 18.4. The van der Waals surface area contributed by atoms with Crippen LogP contribution in [-0.4, -0.2) is 43.0 Å². The Kier molecular flexibility index (Phi) is 4.93. The zero-order valence-corrected chi connectivity index (χ0v) is 12.4. The standard InChI is InChI=1S/C15H18ClN3O/c1-17-8-5-9-19(2)15(20)14-10-12(16)11-6-3-4-7-13(11)18-14/h3-4,6-7,10,17H,5,8-9H2,1-2H3. The Morgan fingerprint density at radius 2 is 2.15 bits per heavy atom. The number of carbonyl (C=O) groups excluding carboxylic acids is 1. The van der Waals surface area contributed by atoms with E-state index in [1.807, 2.05) is 31.3 Å². The minimum atomic E-state index is -0.103. The van der Waals surface area contributed by atoms with Crippen LogP contribution in [0, 0.1) is 0 Å². The van der Waals surface area contributed by atoms with E-state index in [0.29, 0.717) is 17.3 Å². The van der Waals surface area contributed by atoms with Crippen molar-refractivity contribution in [2.45, 2.75) is 6.42 Å². The highest BCUT2D eigenvalue weighted by Crippen LogP contribution is 2.23. The number of benzene rings is 1. The third kappa shape index (κ3) is 3.26. The largest absolute Gasteiger partial charge is 0.340 e. The van der Waals surface area contributed by atoms with Gasteiger partial charge >= 0.3 is 0 Å². The minimum absolute atomic E-state index is 0.103. The Labute approximate surface area is 123 Å². The van der Waals surface area contributed by atoms with Crippen molar-refractivity contribution in [1.29, 1.82) is 0 Å². The summed E-state index contributed by atoms with van der Waals surface area (Å²) in [6.07, 6.45) is 0.903. The van der Waals surface area contributed by atoms with Crippen molar-refractivity contribution in [3.8, 4) is 0 Å². The molecule has 4 nitrogen and oxygen atoms in total. The molecule has 0 spiro atoms. The van der Waals surface area contributed by atoms with Gasteiger partial charge < -0.3 is 10.2 Å². The van der Waals surface area contributed by atoms with Crippen molar-refractivity contribution >= 4 is 28.4 Å². The molecule has 2 rings (SSSR count). The summed E-state index contributed by atoms with van der Waals surface area (Å²) < 4.78 is 0. The van der Waals surface area contributed by atoms with Crippen LogP contribution in [0.1, 0.15) is 16.9 Å². The maximum absolute atomic E-state index is 12.3. The van der Waals surface area contributed by atoms with Gasteiger partial charge in [-0.3, -0.25) is 4.79 Å². The van der Waals surface area contributed by atoms with Crippen LogP contribution in [-0.2, 0) is 0 Å². The maximum atomic E-state index is 12.3. The first kappa shape index (κ1) is 14.8. The Balaban J connectivity index is 2.22. The number of fused-ring (bicyclic) bond motifs is 1. The van der Waals surface area contributed by atoms with Crippen LogP contribution in [0.15, 0.2) is 30.3 Å². The number of nitrogens with one attached hydrogen (secondary N) is 1. The molecule has 0 radical (unpaired) electrons. The van der Waals surface area contributed by atoms with Crippen LogP contribution in [0.2, 0.25) is 5.02 Å². The number of rotatable bonds is 5. The summed E-state index contributed by atoms with van der Waals surface area (Å²) in [5, 5.41) is 4.48.